The molecule has 49 heavy (non-hydrogen) atoms. The highest BCUT2D eigenvalue weighted by Gasteiger charge is 2.19. The summed E-state index contributed by atoms with van der Waals surface area (Å²) in [5, 5.41) is -1.73. The number of furan rings is 1. The highest BCUT2D eigenvalue weighted by Crippen LogP contribution is 2.47. The van der Waals surface area contributed by atoms with Gasteiger partial charge in [0.25, 0.3) is 0 Å². The fourth-order valence-corrected chi connectivity index (χ4v) is 6.36. The highest BCUT2D eigenvalue weighted by molar-refractivity contribution is 6.24. The Bertz CT molecular complexity index is 4120. The number of hydrogen-bond acceptors (Lipinski definition) is 1. The highest BCUT2D eigenvalue weighted by atomic mass is 16.3. The van der Waals surface area contributed by atoms with Gasteiger partial charge >= 0.3 is 0 Å². The molecule has 1 aromatic heterocycles. The summed E-state index contributed by atoms with van der Waals surface area (Å²) in [5.41, 5.74) is -3.15. The summed E-state index contributed by atoms with van der Waals surface area (Å²) < 4.78 is 219. The molecular weight excluding hydrogens is 593 g/mol. The van der Waals surface area contributed by atoms with Crippen molar-refractivity contribution in [2.45, 2.75) is 0 Å². The van der Waals surface area contributed by atoms with E-state index < -0.39 is 189 Å². The summed E-state index contributed by atoms with van der Waals surface area (Å²) >= 11 is 0. The quantitative estimate of drug-likeness (QED) is 0.173. The molecule has 0 radical (unpaired) electrons. The van der Waals surface area contributed by atoms with Crippen molar-refractivity contribution < 1.29 is 37.3 Å². The molecule has 1 heteroatoms. The van der Waals surface area contributed by atoms with Crippen molar-refractivity contribution in [3.63, 3.8) is 0 Å². The molecule has 0 bridgehead atoms. The van der Waals surface area contributed by atoms with E-state index in [1.54, 1.807) is 24.3 Å². The maximum Gasteiger partial charge on any atom is 0.143 e. The topological polar surface area (TPSA) is 13.1 Å². The zero-order valence-electron chi connectivity index (χ0n) is 48.9. The molecule has 0 saturated heterocycles. The lowest BCUT2D eigenvalue weighted by Crippen LogP contribution is -1.92. The normalized spacial score (nSPS) is 18.5. The SMILES string of the molecule is [2H]c1c([2H])c([2H])c(-c2c([2H])c([2H])c([2H])c3c2oc2c([2H])c(-c4ccc(-c5c6c([2H])c([2H])c([2H])c([2H])c6c(-c6c([2H])c([2H])c([2H])c([2H])c6[2H])c6c([2H])c([2H])c([2H])c([2H])c56)c5ccccc45)c([2H])c([2H])c23)c([2H])c1[2H]. The minimum Gasteiger partial charge on any atom is -0.455 e. The van der Waals surface area contributed by atoms with Gasteiger partial charge in [-0.1, -0.05) is 169 Å². The third-order valence-electron chi connectivity index (χ3n) is 8.40. The van der Waals surface area contributed by atoms with E-state index in [9.17, 15) is 9.60 Å². The lowest BCUT2D eigenvalue weighted by molar-refractivity contribution is 0.670. The largest absolute Gasteiger partial charge is 0.455 e. The van der Waals surface area contributed by atoms with E-state index in [0.717, 1.165) is 0 Å². The van der Waals surface area contributed by atoms with Crippen LogP contribution in [0.1, 0.15) is 32.9 Å². The average Bonchev–Trinajstić information content (AvgIpc) is 3.78. The second kappa shape index (κ2) is 11.1. The van der Waals surface area contributed by atoms with Gasteiger partial charge < -0.3 is 4.42 Å². The van der Waals surface area contributed by atoms with Crippen molar-refractivity contribution >= 4 is 54.3 Å². The van der Waals surface area contributed by atoms with Gasteiger partial charge in [0, 0.05) is 16.3 Å². The van der Waals surface area contributed by atoms with Crippen LogP contribution in [0.5, 0.6) is 0 Å². The molecule has 0 spiro atoms. The zero-order valence-corrected chi connectivity index (χ0v) is 24.9. The van der Waals surface area contributed by atoms with Gasteiger partial charge in [0.05, 0.1) is 32.9 Å². The maximum absolute atomic E-state index is 9.62. The fourth-order valence-electron chi connectivity index (χ4n) is 6.36. The number of para-hydroxylation sites is 1. The Morgan fingerprint density at radius 2 is 0.898 bits per heavy atom. The van der Waals surface area contributed by atoms with Crippen LogP contribution in [0, 0.1) is 0 Å². The van der Waals surface area contributed by atoms with Crippen LogP contribution in [0.4, 0.5) is 0 Å². The first-order chi connectivity index (χ1) is 34.3. The maximum atomic E-state index is 9.62. The molecule has 1 nitrogen and oxygen atoms in total. The molecule has 0 fully saturated rings. The second-order valence-electron chi connectivity index (χ2n) is 11.0. The van der Waals surface area contributed by atoms with Gasteiger partial charge in [-0.25, -0.2) is 0 Å². The Morgan fingerprint density at radius 1 is 0.347 bits per heavy atom. The number of fused-ring (bicyclic) bond motifs is 6. The average molecular weight is 647 g/mol. The first kappa shape index (κ1) is 12.9. The first-order valence-electron chi connectivity index (χ1n) is 26.9. The molecule has 228 valence electrons. The van der Waals surface area contributed by atoms with Crippen LogP contribution in [-0.4, -0.2) is 0 Å². The first-order valence-corrected chi connectivity index (χ1v) is 14.9. The monoisotopic (exact) mass is 646 g/mol. The summed E-state index contributed by atoms with van der Waals surface area (Å²) in [7, 11) is 0. The van der Waals surface area contributed by atoms with E-state index in [0.29, 0.717) is 0 Å². The van der Waals surface area contributed by atoms with E-state index >= 15 is 0 Å². The number of hydrogen-bond donors (Lipinski definition) is 0. The van der Waals surface area contributed by atoms with Crippen LogP contribution in [-0.2, 0) is 0 Å². The molecule has 9 aromatic carbocycles. The standard InChI is InChI=1S/C48H30O/c1-3-14-31(15-4-1)35-24-13-25-44-38-27-26-33(30-45(38)49-48(35)44)34-28-29-43(37-19-8-7-18-36(34)37)47-41-22-11-9-20-39(41)46(32-16-5-2-6-17-32)40-21-10-12-23-42(40)47/h1-30H/i1D,2D,3D,4D,5D,6D,9D,10D,11D,12D,13D,14D,15D,16D,17D,20D,21D,22D,23D,24D,25D,26D,27D,30D. The second-order valence-corrected chi connectivity index (χ2v) is 11.0. The van der Waals surface area contributed by atoms with E-state index in [-0.39, 0.29) is 54.6 Å². The molecule has 0 aliphatic heterocycles. The van der Waals surface area contributed by atoms with Gasteiger partial charge in [-0.05, 0) is 83.3 Å². The fraction of sp³-hybridized carbons (Fsp3) is 0. The Morgan fingerprint density at radius 3 is 1.57 bits per heavy atom. The van der Waals surface area contributed by atoms with Gasteiger partial charge in [0.1, 0.15) is 11.2 Å². The van der Waals surface area contributed by atoms with E-state index in [1.165, 1.54) is 12.1 Å². The Kier molecular flexibility index (Phi) is 2.91. The van der Waals surface area contributed by atoms with E-state index in [2.05, 4.69) is 0 Å². The summed E-state index contributed by atoms with van der Waals surface area (Å²) in [6.45, 7) is 0. The van der Waals surface area contributed by atoms with E-state index in [4.69, 9.17) is 27.7 Å². The van der Waals surface area contributed by atoms with Crippen LogP contribution in [0.2, 0.25) is 0 Å². The smallest absolute Gasteiger partial charge is 0.143 e. The Hall–Kier alpha value is -6.44. The lowest BCUT2D eigenvalue weighted by Gasteiger charge is -2.19. The predicted molar refractivity (Wildman–Crippen MR) is 208 cm³/mol. The van der Waals surface area contributed by atoms with Crippen molar-refractivity contribution in [1.29, 1.82) is 0 Å². The molecule has 0 saturated carbocycles. The van der Waals surface area contributed by atoms with Gasteiger partial charge in [-0.3, -0.25) is 0 Å². The molecule has 0 amide bonds. The molecule has 10 aromatic rings. The molecule has 0 aliphatic rings. The number of rotatable bonds is 4. The van der Waals surface area contributed by atoms with Crippen LogP contribution >= 0.6 is 0 Å². The lowest BCUT2D eigenvalue weighted by atomic mass is 9.84. The molecule has 0 aliphatic carbocycles. The summed E-state index contributed by atoms with van der Waals surface area (Å²) in [6, 6.07) is -8.65. The minimum atomic E-state index is -0.819. The van der Waals surface area contributed by atoms with Crippen LogP contribution in [0.3, 0.4) is 0 Å². The number of benzene rings is 9. The summed E-state index contributed by atoms with van der Waals surface area (Å²) in [6.07, 6.45) is 0. The Balaban J connectivity index is 1.36. The minimum absolute atomic E-state index is 0.0825. The Labute approximate surface area is 318 Å². The van der Waals surface area contributed by atoms with Crippen molar-refractivity contribution in [2.75, 3.05) is 0 Å². The van der Waals surface area contributed by atoms with E-state index in [1.807, 2.05) is 0 Å². The van der Waals surface area contributed by atoms with Crippen LogP contribution < -0.4 is 0 Å². The van der Waals surface area contributed by atoms with Gasteiger partial charge in [-0.15, -0.1) is 0 Å². The molecule has 0 atom stereocenters. The summed E-state index contributed by atoms with van der Waals surface area (Å²) in [4.78, 5) is 0. The molecule has 10 rings (SSSR count). The molecular formula is C48H30O. The van der Waals surface area contributed by atoms with Crippen molar-refractivity contribution in [2.24, 2.45) is 0 Å². The van der Waals surface area contributed by atoms with Crippen molar-refractivity contribution in [3.05, 3.63) is 181 Å². The third kappa shape index (κ3) is 4.33. The third-order valence-corrected chi connectivity index (χ3v) is 8.40. The summed E-state index contributed by atoms with van der Waals surface area (Å²) in [5.74, 6) is 0. The van der Waals surface area contributed by atoms with Crippen LogP contribution in [0.15, 0.2) is 186 Å². The van der Waals surface area contributed by atoms with Gasteiger partial charge in [-0.2, -0.15) is 0 Å². The van der Waals surface area contributed by atoms with Crippen molar-refractivity contribution in [1.82, 2.24) is 0 Å². The molecule has 0 unspecified atom stereocenters. The zero-order chi connectivity index (χ0) is 53.2. The molecule has 1 heterocycles. The van der Waals surface area contributed by atoms with Crippen LogP contribution in [0.25, 0.3) is 98.8 Å². The predicted octanol–water partition coefficient (Wildman–Crippen LogP) is 13.7. The van der Waals surface area contributed by atoms with Gasteiger partial charge in [0.15, 0.2) is 0 Å². The molecule has 0 N–H and O–H groups in total. The van der Waals surface area contributed by atoms with Gasteiger partial charge in [0.2, 0.25) is 0 Å². The van der Waals surface area contributed by atoms with Crippen molar-refractivity contribution in [3.8, 4) is 44.5 Å².